The zero-order chi connectivity index (χ0) is 14.0. The third kappa shape index (κ3) is 2.57. The van der Waals surface area contributed by atoms with Gasteiger partial charge in [-0.15, -0.1) is 0 Å². The Morgan fingerprint density at radius 3 is 2.68 bits per heavy atom. The molecule has 1 aliphatic rings. The number of carbonyl (C=O) groups excluding carboxylic acids is 3. The van der Waals surface area contributed by atoms with E-state index in [1.54, 1.807) is 12.1 Å². The highest BCUT2D eigenvalue weighted by atomic mass is 16.3. The van der Waals surface area contributed by atoms with Gasteiger partial charge in [-0.1, -0.05) is 12.1 Å². The summed E-state index contributed by atoms with van der Waals surface area (Å²) in [7, 11) is 1.48. The van der Waals surface area contributed by atoms with Crippen LogP contribution in [0, 0.1) is 0 Å². The predicted molar refractivity (Wildman–Crippen MR) is 66.4 cm³/mol. The van der Waals surface area contributed by atoms with E-state index in [0.29, 0.717) is 6.42 Å². The van der Waals surface area contributed by atoms with Crippen LogP contribution < -0.4 is 5.32 Å². The monoisotopic (exact) mass is 262 g/mol. The average molecular weight is 262 g/mol. The summed E-state index contributed by atoms with van der Waals surface area (Å²) in [5, 5.41) is 11.8. The van der Waals surface area contributed by atoms with Gasteiger partial charge in [0.2, 0.25) is 11.8 Å². The molecule has 2 N–H and O–H groups in total. The highest BCUT2D eigenvalue weighted by Crippen LogP contribution is 2.20. The van der Waals surface area contributed by atoms with E-state index >= 15 is 0 Å². The fourth-order valence-corrected chi connectivity index (χ4v) is 2.04. The van der Waals surface area contributed by atoms with E-state index in [4.69, 9.17) is 0 Å². The van der Waals surface area contributed by atoms with E-state index in [1.165, 1.54) is 24.1 Å². The van der Waals surface area contributed by atoms with Crippen LogP contribution in [-0.2, 0) is 9.59 Å². The first-order chi connectivity index (χ1) is 9.00. The van der Waals surface area contributed by atoms with Gasteiger partial charge in [-0.05, 0) is 18.6 Å². The smallest absolute Gasteiger partial charge is 0.258 e. The number of amides is 3. The highest BCUT2D eigenvalue weighted by molar-refractivity contribution is 6.04. The van der Waals surface area contributed by atoms with Crippen molar-refractivity contribution in [1.82, 2.24) is 10.2 Å². The zero-order valence-corrected chi connectivity index (χ0v) is 10.4. The van der Waals surface area contributed by atoms with E-state index in [0.717, 1.165) is 0 Å². The van der Waals surface area contributed by atoms with Gasteiger partial charge in [-0.25, -0.2) is 0 Å². The first-order valence-electron chi connectivity index (χ1n) is 5.89. The molecule has 1 unspecified atom stereocenters. The quantitative estimate of drug-likeness (QED) is 0.749. The Balaban J connectivity index is 2.18. The van der Waals surface area contributed by atoms with E-state index in [-0.39, 0.29) is 23.6 Å². The van der Waals surface area contributed by atoms with Crippen molar-refractivity contribution < 1.29 is 19.5 Å². The van der Waals surface area contributed by atoms with Crippen molar-refractivity contribution in [2.75, 3.05) is 7.05 Å². The average Bonchev–Trinajstić information content (AvgIpc) is 2.38. The van der Waals surface area contributed by atoms with Crippen LogP contribution in [0.3, 0.4) is 0 Å². The molecule has 1 heterocycles. The summed E-state index contributed by atoms with van der Waals surface area (Å²) in [6.07, 6.45) is 0.495. The van der Waals surface area contributed by atoms with Crippen LogP contribution in [0.25, 0.3) is 0 Å². The third-order valence-electron chi connectivity index (χ3n) is 3.13. The summed E-state index contributed by atoms with van der Waals surface area (Å²) in [6, 6.07) is 5.44. The second-order valence-corrected chi connectivity index (χ2v) is 4.40. The van der Waals surface area contributed by atoms with Crippen molar-refractivity contribution in [1.29, 1.82) is 0 Å². The molecule has 1 aromatic rings. The number of aromatic hydroxyl groups is 1. The summed E-state index contributed by atoms with van der Waals surface area (Å²) in [4.78, 5) is 36.2. The first kappa shape index (κ1) is 13.1. The van der Waals surface area contributed by atoms with Crippen molar-refractivity contribution >= 4 is 17.7 Å². The SMILES string of the molecule is CN(C(=O)c1ccccc1O)C1CCC(=O)NC1=O. The molecule has 1 fully saturated rings. The van der Waals surface area contributed by atoms with Crippen LogP contribution in [0.2, 0.25) is 0 Å². The summed E-state index contributed by atoms with van der Waals surface area (Å²) in [5.41, 5.74) is 0.134. The van der Waals surface area contributed by atoms with E-state index in [2.05, 4.69) is 5.32 Å². The largest absolute Gasteiger partial charge is 0.507 e. The molecule has 1 saturated heterocycles. The molecule has 0 bridgehead atoms. The van der Waals surface area contributed by atoms with Crippen molar-refractivity contribution in [3.8, 4) is 5.75 Å². The number of rotatable bonds is 2. The summed E-state index contributed by atoms with van der Waals surface area (Å²) in [5.74, 6) is -1.40. The molecule has 100 valence electrons. The summed E-state index contributed by atoms with van der Waals surface area (Å²) in [6.45, 7) is 0. The van der Waals surface area contributed by atoms with Crippen molar-refractivity contribution in [2.24, 2.45) is 0 Å². The maximum Gasteiger partial charge on any atom is 0.258 e. The standard InChI is InChI=1S/C13H14N2O4/c1-15(9-6-7-11(17)14-12(9)18)13(19)8-4-2-3-5-10(8)16/h2-5,9,16H,6-7H2,1H3,(H,14,17,18). The Morgan fingerprint density at radius 1 is 1.37 bits per heavy atom. The van der Waals surface area contributed by atoms with Gasteiger partial charge >= 0.3 is 0 Å². The number of phenolic OH excluding ortho intramolecular Hbond substituents is 1. The molecule has 19 heavy (non-hydrogen) atoms. The minimum atomic E-state index is -0.690. The van der Waals surface area contributed by atoms with Gasteiger partial charge in [0, 0.05) is 13.5 Å². The molecule has 0 aliphatic carbocycles. The molecule has 2 rings (SSSR count). The van der Waals surface area contributed by atoms with Crippen LogP contribution in [-0.4, -0.2) is 40.8 Å². The lowest BCUT2D eigenvalue weighted by Crippen LogP contribution is -2.52. The van der Waals surface area contributed by atoms with Crippen molar-refractivity contribution in [3.63, 3.8) is 0 Å². The maximum atomic E-state index is 12.2. The number of hydrogen-bond donors (Lipinski definition) is 2. The number of likely N-dealkylation sites (N-methyl/N-ethyl adjacent to an activating group) is 1. The molecule has 0 radical (unpaired) electrons. The molecule has 6 heteroatoms. The van der Waals surface area contributed by atoms with E-state index in [9.17, 15) is 19.5 Å². The molecule has 1 aromatic carbocycles. The number of nitrogens with one attached hydrogen (secondary N) is 1. The Labute approximate surface area is 110 Å². The lowest BCUT2D eigenvalue weighted by atomic mass is 10.0. The molecule has 0 saturated carbocycles. The third-order valence-corrected chi connectivity index (χ3v) is 3.13. The van der Waals surface area contributed by atoms with Crippen LogP contribution in [0.4, 0.5) is 0 Å². The van der Waals surface area contributed by atoms with E-state index < -0.39 is 17.9 Å². The molecule has 0 aromatic heterocycles. The second-order valence-electron chi connectivity index (χ2n) is 4.40. The summed E-state index contributed by atoms with van der Waals surface area (Å²) < 4.78 is 0. The van der Waals surface area contributed by atoms with E-state index in [1.807, 2.05) is 0 Å². The molecule has 6 nitrogen and oxygen atoms in total. The van der Waals surface area contributed by atoms with Gasteiger partial charge in [-0.3, -0.25) is 19.7 Å². The first-order valence-corrected chi connectivity index (χ1v) is 5.89. The number of benzene rings is 1. The van der Waals surface area contributed by atoms with Crippen LogP contribution in [0.5, 0.6) is 5.75 Å². The van der Waals surface area contributed by atoms with Crippen molar-refractivity contribution in [2.45, 2.75) is 18.9 Å². The fraction of sp³-hybridized carbons (Fsp3) is 0.308. The molecule has 1 aliphatic heterocycles. The number of imide groups is 1. The lowest BCUT2D eigenvalue weighted by Gasteiger charge is -2.29. The summed E-state index contributed by atoms with van der Waals surface area (Å²) >= 11 is 0. The van der Waals surface area contributed by atoms with Crippen molar-refractivity contribution in [3.05, 3.63) is 29.8 Å². The fourth-order valence-electron chi connectivity index (χ4n) is 2.04. The lowest BCUT2D eigenvalue weighted by molar-refractivity contribution is -0.136. The minimum absolute atomic E-state index is 0.133. The second kappa shape index (κ2) is 5.09. The Bertz CT molecular complexity index is 541. The molecule has 1 atom stereocenters. The number of nitrogens with zero attached hydrogens (tertiary/aromatic N) is 1. The minimum Gasteiger partial charge on any atom is -0.507 e. The normalized spacial score (nSPS) is 18.9. The van der Waals surface area contributed by atoms with Gasteiger partial charge in [0.1, 0.15) is 11.8 Å². The number of para-hydroxylation sites is 1. The predicted octanol–water partition coefficient (Wildman–Crippen LogP) is 0.269. The van der Waals surface area contributed by atoms with Crippen LogP contribution in [0.1, 0.15) is 23.2 Å². The topological polar surface area (TPSA) is 86.7 Å². The number of carbonyl (C=O) groups is 3. The molecular formula is C13H14N2O4. The zero-order valence-electron chi connectivity index (χ0n) is 10.4. The van der Waals surface area contributed by atoms with Gasteiger partial charge in [0.15, 0.2) is 0 Å². The van der Waals surface area contributed by atoms with Crippen LogP contribution >= 0.6 is 0 Å². The Hall–Kier alpha value is -2.37. The Morgan fingerprint density at radius 2 is 2.05 bits per heavy atom. The number of hydrogen-bond acceptors (Lipinski definition) is 4. The molecular weight excluding hydrogens is 248 g/mol. The molecule has 3 amide bonds. The Kier molecular flexibility index (Phi) is 3.50. The highest BCUT2D eigenvalue weighted by Gasteiger charge is 2.33. The number of piperidine rings is 1. The van der Waals surface area contributed by atoms with Crippen LogP contribution in [0.15, 0.2) is 24.3 Å². The van der Waals surface area contributed by atoms with Gasteiger partial charge in [0.25, 0.3) is 5.91 Å². The van der Waals surface area contributed by atoms with Gasteiger partial charge in [-0.2, -0.15) is 0 Å². The number of phenols is 1. The van der Waals surface area contributed by atoms with Gasteiger partial charge in [0.05, 0.1) is 5.56 Å². The maximum absolute atomic E-state index is 12.2. The molecule has 0 spiro atoms. The van der Waals surface area contributed by atoms with Gasteiger partial charge < -0.3 is 10.0 Å².